The molecular formula is C45H30N4O. The van der Waals surface area contributed by atoms with Crippen molar-refractivity contribution < 1.29 is 4.42 Å². The number of rotatable bonds is 5. The molecular weight excluding hydrogens is 613 g/mol. The molecule has 0 radical (unpaired) electrons. The van der Waals surface area contributed by atoms with Crippen LogP contribution < -0.4 is 5.32 Å². The van der Waals surface area contributed by atoms with E-state index in [1.165, 1.54) is 0 Å². The predicted octanol–water partition coefficient (Wildman–Crippen LogP) is 10.8. The van der Waals surface area contributed by atoms with Crippen molar-refractivity contribution in [3.05, 3.63) is 187 Å². The Labute approximate surface area is 288 Å². The molecule has 236 valence electrons. The molecule has 1 N–H and O–H groups in total. The standard InChI is InChI=1S/C45H30N4O/c1-4-13-29(14-5-1)43-46-44(30-15-6-2-7-16-30)48-45(47-43)33-18-12-17-31(27-33)32-23-24-37-39(28-32)49(34-19-8-3-9-20-34)38-26-25-36-35-21-10-11-22-40(35)50-42(36)41(37)38/h1-28,43H,(H,46,47,48). The second kappa shape index (κ2) is 11.5. The second-order valence-electron chi connectivity index (χ2n) is 12.7. The third-order valence-electron chi connectivity index (χ3n) is 9.65. The average molecular weight is 643 g/mol. The van der Waals surface area contributed by atoms with E-state index in [0.29, 0.717) is 5.84 Å². The number of furan rings is 1. The van der Waals surface area contributed by atoms with E-state index in [2.05, 4.69) is 131 Å². The van der Waals surface area contributed by atoms with Gasteiger partial charge in [0.25, 0.3) is 0 Å². The van der Waals surface area contributed by atoms with Gasteiger partial charge in [-0.1, -0.05) is 127 Å². The molecule has 3 heterocycles. The summed E-state index contributed by atoms with van der Waals surface area (Å²) in [6.45, 7) is 0. The van der Waals surface area contributed by atoms with Gasteiger partial charge in [-0.05, 0) is 59.2 Å². The van der Waals surface area contributed by atoms with Crippen molar-refractivity contribution in [1.29, 1.82) is 0 Å². The SMILES string of the molecule is c1ccc(C2=NC(c3ccccc3)NC(c3cccc(-c4ccc5c6c7oc8ccccc8c7ccc6n(-c6ccccc6)c5c4)c3)=N2)cc1. The van der Waals surface area contributed by atoms with Gasteiger partial charge in [-0.25, -0.2) is 9.98 Å². The number of nitrogens with one attached hydrogen (secondary N) is 1. The Balaban J connectivity index is 1.13. The number of aromatic nitrogens is 1. The monoisotopic (exact) mass is 642 g/mol. The topological polar surface area (TPSA) is 54.8 Å². The summed E-state index contributed by atoms with van der Waals surface area (Å²) in [5, 5.41) is 8.16. The van der Waals surface area contributed by atoms with E-state index in [0.717, 1.165) is 83.1 Å². The van der Waals surface area contributed by atoms with E-state index in [4.69, 9.17) is 14.4 Å². The number of amidine groups is 2. The molecule has 0 bridgehead atoms. The molecule has 7 aromatic carbocycles. The Morgan fingerprint density at radius 3 is 2.04 bits per heavy atom. The Hall–Kier alpha value is -6.72. The van der Waals surface area contributed by atoms with Crippen LogP contribution in [0.25, 0.3) is 60.6 Å². The molecule has 0 saturated carbocycles. The summed E-state index contributed by atoms with van der Waals surface area (Å²) < 4.78 is 8.91. The molecule has 1 atom stereocenters. The van der Waals surface area contributed by atoms with Crippen LogP contribution in [0, 0.1) is 0 Å². The molecule has 2 aromatic heterocycles. The molecule has 1 aliphatic rings. The van der Waals surface area contributed by atoms with E-state index >= 15 is 0 Å². The molecule has 5 heteroatoms. The van der Waals surface area contributed by atoms with Gasteiger partial charge in [0.1, 0.15) is 23.2 Å². The van der Waals surface area contributed by atoms with Crippen molar-refractivity contribution in [3.63, 3.8) is 0 Å². The minimum atomic E-state index is -0.254. The quantitative estimate of drug-likeness (QED) is 0.203. The van der Waals surface area contributed by atoms with Crippen molar-refractivity contribution in [3.8, 4) is 16.8 Å². The number of nitrogens with zero attached hydrogens (tertiary/aromatic N) is 3. The molecule has 0 aliphatic carbocycles. The van der Waals surface area contributed by atoms with E-state index in [9.17, 15) is 0 Å². The number of hydrogen-bond donors (Lipinski definition) is 1. The van der Waals surface area contributed by atoms with Gasteiger partial charge in [-0.15, -0.1) is 0 Å². The molecule has 1 unspecified atom stereocenters. The van der Waals surface area contributed by atoms with Crippen molar-refractivity contribution in [2.24, 2.45) is 9.98 Å². The molecule has 0 saturated heterocycles. The summed E-state index contributed by atoms with van der Waals surface area (Å²) in [6, 6.07) is 59.2. The Morgan fingerprint density at radius 2 is 1.20 bits per heavy atom. The molecule has 5 nitrogen and oxygen atoms in total. The summed E-state index contributed by atoms with van der Waals surface area (Å²) in [5.74, 6) is 1.51. The van der Waals surface area contributed by atoms with E-state index < -0.39 is 0 Å². The van der Waals surface area contributed by atoms with Gasteiger partial charge in [-0.2, -0.15) is 0 Å². The van der Waals surface area contributed by atoms with Gasteiger partial charge in [-0.3, -0.25) is 0 Å². The van der Waals surface area contributed by atoms with E-state index in [-0.39, 0.29) is 6.17 Å². The summed E-state index contributed by atoms with van der Waals surface area (Å²) >= 11 is 0. The van der Waals surface area contributed by atoms with Crippen molar-refractivity contribution in [2.75, 3.05) is 0 Å². The lowest BCUT2D eigenvalue weighted by molar-refractivity contribution is 0.673. The first-order chi connectivity index (χ1) is 24.8. The number of benzene rings is 7. The van der Waals surface area contributed by atoms with Crippen LogP contribution in [0.15, 0.2) is 184 Å². The smallest absolute Gasteiger partial charge is 0.159 e. The van der Waals surface area contributed by atoms with Crippen LogP contribution >= 0.6 is 0 Å². The van der Waals surface area contributed by atoms with Gasteiger partial charge < -0.3 is 14.3 Å². The zero-order chi connectivity index (χ0) is 33.0. The zero-order valence-electron chi connectivity index (χ0n) is 27.0. The van der Waals surface area contributed by atoms with Crippen LogP contribution in [0.5, 0.6) is 0 Å². The first kappa shape index (κ1) is 28.3. The third-order valence-corrected chi connectivity index (χ3v) is 9.65. The number of aliphatic imine (C=N–C) groups is 2. The number of fused-ring (bicyclic) bond motifs is 7. The average Bonchev–Trinajstić information content (AvgIpc) is 3.74. The Morgan fingerprint density at radius 1 is 0.520 bits per heavy atom. The van der Waals surface area contributed by atoms with Gasteiger partial charge in [0, 0.05) is 33.0 Å². The molecule has 0 fully saturated rings. The van der Waals surface area contributed by atoms with Crippen LogP contribution in [0.3, 0.4) is 0 Å². The maximum absolute atomic E-state index is 6.56. The second-order valence-corrected chi connectivity index (χ2v) is 12.7. The summed E-state index contributed by atoms with van der Waals surface area (Å²) in [4.78, 5) is 10.1. The van der Waals surface area contributed by atoms with Crippen LogP contribution in [0.2, 0.25) is 0 Å². The molecule has 0 spiro atoms. The van der Waals surface area contributed by atoms with Gasteiger partial charge in [0.05, 0.1) is 16.4 Å². The van der Waals surface area contributed by atoms with Crippen LogP contribution in [0.4, 0.5) is 0 Å². The molecule has 10 rings (SSSR count). The number of hydrogen-bond acceptors (Lipinski definition) is 4. The number of para-hydroxylation sites is 2. The molecule has 1 aliphatic heterocycles. The van der Waals surface area contributed by atoms with Crippen LogP contribution in [-0.4, -0.2) is 16.2 Å². The van der Waals surface area contributed by atoms with Gasteiger partial charge in [0.15, 0.2) is 5.84 Å². The first-order valence-electron chi connectivity index (χ1n) is 16.9. The third kappa shape index (κ3) is 4.63. The minimum absolute atomic E-state index is 0.254. The van der Waals surface area contributed by atoms with Crippen molar-refractivity contribution >= 4 is 55.4 Å². The van der Waals surface area contributed by atoms with Crippen molar-refractivity contribution in [2.45, 2.75) is 6.17 Å². The highest BCUT2D eigenvalue weighted by atomic mass is 16.3. The van der Waals surface area contributed by atoms with Crippen LogP contribution in [-0.2, 0) is 0 Å². The largest absolute Gasteiger partial charge is 0.455 e. The van der Waals surface area contributed by atoms with Crippen LogP contribution in [0.1, 0.15) is 22.9 Å². The van der Waals surface area contributed by atoms with E-state index in [1.807, 2.05) is 48.5 Å². The molecule has 0 amide bonds. The van der Waals surface area contributed by atoms with Crippen molar-refractivity contribution in [1.82, 2.24) is 9.88 Å². The first-order valence-corrected chi connectivity index (χ1v) is 16.9. The highest BCUT2D eigenvalue weighted by Crippen LogP contribution is 2.41. The maximum atomic E-state index is 6.56. The summed E-state index contributed by atoms with van der Waals surface area (Å²) in [5.41, 5.74) is 10.5. The fourth-order valence-corrected chi connectivity index (χ4v) is 7.28. The fourth-order valence-electron chi connectivity index (χ4n) is 7.28. The van der Waals surface area contributed by atoms with Gasteiger partial charge in [0.2, 0.25) is 0 Å². The Bertz CT molecular complexity index is 2780. The normalized spacial score (nSPS) is 14.6. The minimum Gasteiger partial charge on any atom is -0.455 e. The predicted molar refractivity (Wildman–Crippen MR) is 205 cm³/mol. The highest BCUT2D eigenvalue weighted by Gasteiger charge is 2.22. The summed E-state index contributed by atoms with van der Waals surface area (Å²) in [7, 11) is 0. The lowest BCUT2D eigenvalue weighted by Crippen LogP contribution is -2.33. The van der Waals surface area contributed by atoms with Gasteiger partial charge >= 0.3 is 0 Å². The summed E-state index contributed by atoms with van der Waals surface area (Å²) in [6.07, 6.45) is -0.254. The molecule has 9 aromatic rings. The zero-order valence-corrected chi connectivity index (χ0v) is 27.0. The van der Waals surface area contributed by atoms with E-state index in [1.54, 1.807) is 0 Å². The lowest BCUT2D eigenvalue weighted by Gasteiger charge is -2.24. The Kier molecular flexibility index (Phi) is 6.49. The fraction of sp³-hybridized carbons (Fsp3) is 0.0222. The molecule has 50 heavy (non-hydrogen) atoms. The highest BCUT2D eigenvalue weighted by molar-refractivity contribution is 6.24. The maximum Gasteiger partial charge on any atom is 0.159 e. The lowest BCUT2D eigenvalue weighted by atomic mass is 10.00.